The zero-order valence-corrected chi connectivity index (χ0v) is 14.5. The van der Waals surface area contributed by atoms with Crippen LogP contribution in [0.4, 0.5) is 0 Å². The molecule has 0 bridgehead atoms. The zero-order chi connectivity index (χ0) is 16.3. The molecule has 0 spiro atoms. The maximum Gasteiger partial charge on any atom is 0.230 e. The third kappa shape index (κ3) is 4.59. The zero-order valence-electron chi connectivity index (χ0n) is 14.5. The van der Waals surface area contributed by atoms with E-state index in [1.165, 1.54) is 0 Å². The lowest BCUT2D eigenvalue weighted by molar-refractivity contribution is -0.128. The lowest BCUT2D eigenvalue weighted by Crippen LogP contribution is -2.36. The molecule has 0 aromatic heterocycles. The average Bonchev–Trinajstić information content (AvgIpc) is 2.85. The highest BCUT2D eigenvalue weighted by Crippen LogP contribution is 2.67. The summed E-state index contributed by atoms with van der Waals surface area (Å²) < 4.78 is 0. The molecular weight excluding hydrogens is 258 g/mol. The quantitative estimate of drug-likeness (QED) is 0.686. The van der Waals surface area contributed by atoms with E-state index in [1.807, 2.05) is 25.2 Å². The molecule has 1 aliphatic rings. The van der Waals surface area contributed by atoms with Crippen molar-refractivity contribution in [1.29, 1.82) is 0 Å². The Kier molecular flexibility index (Phi) is 5.25. The van der Waals surface area contributed by atoms with Crippen LogP contribution in [0.1, 0.15) is 60.8 Å². The van der Waals surface area contributed by atoms with Crippen LogP contribution in [0.25, 0.3) is 0 Å². The molecule has 118 valence electrons. The summed E-state index contributed by atoms with van der Waals surface area (Å²) in [6, 6.07) is 0. The van der Waals surface area contributed by atoms with Gasteiger partial charge < -0.3 is 5.32 Å². The number of hydrogen-bond donors (Lipinski definition) is 1. The van der Waals surface area contributed by atoms with Crippen molar-refractivity contribution >= 4 is 5.91 Å². The van der Waals surface area contributed by atoms with Gasteiger partial charge in [0.1, 0.15) is 0 Å². The van der Waals surface area contributed by atoms with Gasteiger partial charge in [-0.25, -0.2) is 0 Å². The summed E-state index contributed by atoms with van der Waals surface area (Å²) in [4.78, 5) is 12.7. The Labute approximate surface area is 130 Å². The van der Waals surface area contributed by atoms with Crippen LogP contribution in [0.3, 0.4) is 0 Å². The normalized spacial score (nSPS) is 25.0. The van der Waals surface area contributed by atoms with Gasteiger partial charge in [0.25, 0.3) is 0 Å². The van der Waals surface area contributed by atoms with Crippen molar-refractivity contribution < 1.29 is 4.79 Å². The van der Waals surface area contributed by atoms with Crippen molar-refractivity contribution in [2.45, 2.75) is 60.8 Å². The number of carbonyl (C=O) groups is 1. The highest BCUT2D eigenvalue weighted by atomic mass is 16.2. The van der Waals surface area contributed by atoms with Crippen LogP contribution in [0.15, 0.2) is 36.6 Å². The summed E-state index contributed by atoms with van der Waals surface area (Å²) in [5.74, 6) is 0.184. The highest BCUT2D eigenvalue weighted by Gasteiger charge is 2.66. The van der Waals surface area contributed by atoms with Gasteiger partial charge in [-0.1, -0.05) is 65.5 Å². The van der Waals surface area contributed by atoms with Gasteiger partial charge in [-0.15, -0.1) is 0 Å². The fourth-order valence-electron chi connectivity index (χ4n) is 3.15. The number of carbonyl (C=O) groups excluding carboxylic acids is 1. The number of rotatable bonds is 6. The van der Waals surface area contributed by atoms with Gasteiger partial charge in [0, 0.05) is 5.70 Å². The van der Waals surface area contributed by atoms with Crippen LogP contribution >= 0.6 is 0 Å². The Bertz CT molecular complexity index is 462. The second-order valence-electron chi connectivity index (χ2n) is 8.12. The molecule has 2 nitrogen and oxygen atoms in total. The Hall–Kier alpha value is -1.31. The third-order valence-electron chi connectivity index (χ3n) is 4.32. The Morgan fingerprint density at radius 3 is 2.33 bits per heavy atom. The van der Waals surface area contributed by atoms with Gasteiger partial charge in [0.05, 0.1) is 5.41 Å². The summed E-state index contributed by atoms with van der Waals surface area (Å²) in [5, 5.41) is 3.10. The van der Waals surface area contributed by atoms with Crippen LogP contribution in [0, 0.1) is 16.2 Å². The number of allylic oxidation sites excluding steroid dienone is 5. The van der Waals surface area contributed by atoms with Crippen molar-refractivity contribution in [3.8, 4) is 0 Å². The molecule has 2 heteroatoms. The maximum absolute atomic E-state index is 12.7. The molecule has 1 amide bonds. The van der Waals surface area contributed by atoms with Crippen LogP contribution in [-0.2, 0) is 4.79 Å². The molecule has 1 fully saturated rings. The SMILES string of the molecule is C=C/C=C\C/C=C(\C)NC(=O)C1(CC(C)(C)C)CC1(C)C. The Morgan fingerprint density at radius 1 is 1.33 bits per heavy atom. The molecule has 1 unspecified atom stereocenters. The van der Waals surface area contributed by atoms with E-state index in [0.29, 0.717) is 0 Å². The van der Waals surface area contributed by atoms with Crippen molar-refractivity contribution in [2.75, 3.05) is 0 Å². The molecule has 0 saturated heterocycles. The van der Waals surface area contributed by atoms with E-state index in [9.17, 15) is 4.79 Å². The second-order valence-corrected chi connectivity index (χ2v) is 8.12. The Balaban J connectivity index is 2.72. The fourth-order valence-corrected chi connectivity index (χ4v) is 3.15. The highest BCUT2D eigenvalue weighted by molar-refractivity contribution is 5.88. The van der Waals surface area contributed by atoms with Gasteiger partial charge >= 0.3 is 0 Å². The Morgan fingerprint density at radius 2 is 1.90 bits per heavy atom. The molecule has 1 rings (SSSR count). The minimum Gasteiger partial charge on any atom is -0.330 e. The largest absolute Gasteiger partial charge is 0.330 e. The van der Waals surface area contributed by atoms with Crippen LogP contribution < -0.4 is 5.32 Å². The van der Waals surface area contributed by atoms with Crippen molar-refractivity contribution in [2.24, 2.45) is 16.2 Å². The molecule has 0 radical (unpaired) electrons. The van der Waals surface area contributed by atoms with E-state index >= 15 is 0 Å². The third-order valence-corrected chi connectivity index (χ3v) is 4.32. The van der Waals surface area contributed by atoms with Gasteiger partial charge in [-0.3, -0.25) is 4.79 Å². The average molecular weight is 289 g/mol. The summed E-state index contributed by atoms with van der Waals surface area (Å²) in [6.07, 6.45) is 10.5. The van der Waals surface area contributed by atoms with Crippen LogP contribution in [0.2, 0.25) is 0 Å². The topological polar surface area (TPSA) is 29.1 Å². The minimum absolute atomic E-state index is 0.105. The van der Waals surface area contributed by atoms with E-state index in [-0.39, 0.29) is 22.2 Å². The molecule has 0 heterocycles. The molecular formula is C19H31NO. The first kappa shape index (κ1) is 17.7. The van der Waals surface area contributed by atoms with Crippen molar-refractivity contribution in [3.63, 3.8) is 0 Å². The van der Waals surface area contributed by atoms with E-state index in [1.54, 1.807) is 6.08 Å². The molecule has 1 saturated carbocycles. The van der Waals surface area contributed by atoms with E-state index in [2.05, 4.69) is 46.5 Å². The first-order chi connectivity index (χ1) is 9.54. The second kappa shape index (κ2) is 6.21. The van der Waals surface area contributed by atoms with Gasteiger partial charge in [0.15, 0.2) is 0 Å². The monoisotopic (exact) mass is 289 g/mol. The van der Waals surface area contributed by atoms with Crippen LogP contribution in [-0.4, -0.2) is 5.91 Å². The number of nitrogens with one attached hydrogen (secondary N) is 1. The molecule has 0 aromatic rings. The molecule has 1 N–H and O–H groups in total. The van der Waals surface area contributed by atoms with Crippen molar-refractivity contribution in [3.05, 3.63) is 36.6 Å². The molecule has 0 aliphatic heterocycles. The predicted molar refractivity (Wildman–Crippen MR) is 90.8 cm³/mol. The number of amides is 1. The van der Waals surface area contributed by atoms with Crippen LogP contribution in [0.5, 0.6) is 0 Å². The minimum atomic E-state index is -0.211. The van der Waals surface area contributed by atoms with E-state index in [0.717, 1.165) is 25.0 Å². The van der Waals surface area contributed by atoms with Crippen molar-refractivity contribution in [1.82, 2.24) is 5.32 Å². The molecule has 0 aromatic carbocycles. The van der Waals surface area contributed by atoms with Gasteiger partial charge in [-0.2, -0.15) is 0 Å². The first-order valence-electron chi connectivity index (χ1n) is 7.80. The summed E-state index contributed by atoms with van der Waals surface area (Å²) in [7, 11) is 0. The summed E-state index contributed by atoms with van der Waals surface area (Å²) in [6.45, 7) is 16.6. The predicted octanol–water partition coefficient (Wildman–Crippen LogP) is 4.99. The smallest absolute Gasteiger partial charge is 0.230 e. The standard InChI is InChI=1S/C19H31NO/c1-8-9-10-11-12-15(2)20-16(21)19(13-17(3,4)5)14-18(19,6)7/h8-10,12H,1,11,13-14H2,2-7H3,(H,20,21)/b10-9-,15-12+. The lowest BCUT2D eigenvalue weighted by atomic mass is 9.78. The molecule has 1 aliphatic carbocycles. The van der Waals surface area contributed by atoms with Gasteiger partial charge in [-0.05, 0) is 37.0 Å². The summed E-state index contributed by atoms with van der Waals surface area (Å²) >= 11 is 0. The number of hydrogen-bond acceptors (Lipinski definition) is 1. The first-order valence-corrected chi connectivity index (χ1v) is 7.80. The van der Waals surface area contributed by atoms with E-state index in [4.69, 9.17) is 0 Å². The molecule has 21 heavy (non-hydrogen) atoms. The maximum atomic E-state index is 12.7. The van der Waals surface area contributed by atoms with E-state index < -0.39 is 0 Å². The summed E-state index contributed by atoms with van der Waals surface area (Å²) in [5.41, 5.74) is 0.991. The van der Waals surface area contributed by atoms with Gasteiger partial charge in [0.2, 0.25) is 5.91 Å². The fraction of sp³-hybridized carbons (Fsp3) is 0.632. The molecule has 1 atom stereocenters. The lowest BCUT2D eigenvalue weighted by Gasteiger charge is -2.28.